The maximum atomic E-state index is 14.6. The second-order valence-electron chi connectivity index (χ2n) is 9.04. The van der Waals surface area contributed by atoms with E-state index in [0.717, 1.165) is 30.6 Å². The molecule has 172 valence electrons. The van der Waals surface area contributed by atoms with Crippen LogP contribution >= 0.6 is 0 Å². The van der Waals surface area contributed by atoms with Gasteiger partial charge in [-0.3, -0.25) is 0 Å². The summed E-state index contributed by atoms with van der Waals surface area (Å²) < 4.78 is 19.9. The van der Waals surface area contributed by atoms with Crippen molar-refractivity contribution in [2.24, 2.45) is 5.92 Å². The molecule has 1 aliphatic heterocycles. The van der Waals surface area contributed by atoms with Crippen LogP contribution in [0, 0.1) is 24.1 Å². The fourth-order valence-corrected chi connectivity index (χ4v) is 4.73. The van der Waals surface area contributed by atoms with Crippen molar-refractivity contribution < 1.29 is 14.2 Å². The number of hydrogen-bond acceptors (Lipinski definition) is 6. The number of halogens is 1. The Balaban J connectivity index is 1.79. The fraction of sp³-hybridized carbons (Fsp3) is 0.296. The first-order chi connectivity index (χ1) is 16.4. The van der Waals surface area contributed by atoms with Crippen LogP contribution in [-0.2, 0) is 0 Å². The Bertz CT molecular complexity index is 1460. The summed E-state index contributed by atoms with van der Waals surface area (Å²) in [7, 11) is 1.52. The zero-order valence-corrected chi connectivity index (χ0v) is 19.3. The number of phenols is 1. The summed E-state index contributed by atoms with van der Waals surface area (Å²) in [4.78, 5) is 16.1. The molecular formula is C27H25FN4O2. The molecule has 1 unspecified atom stereocenters. The first-order valence-electron chi connectivity index (χ1n) is 11.3. The average Bonchev–Trinajstić information content (AvgIpc) is 2.81. The van der Waals surface area contributed by atoms with Gasteiger partial charge in [0.05, 0.1) is 29.3 Å². The maximum absolute atomic E-state index is 14.6. The SMILES string of the molecule is C#Cc1c(F)ccc2cc(O)cc(-c3cc4nc(OC)ncc4c(N4CCC4CC(C)C)n3)c12. The van der Waals surface area contributed by atoms with Crippen molar-refractivity contribution in [1.82, 2.24) is 15.0 Å². The molecular weight excluding hydrogens is 431 g/mol. The van der Waals surface area contributed by atoms with Crippen molar-refractivity contribution in [3.8, 4) is 35.4 Å². The molecule has 6 nitrogen and oxygen atoms in total. The normalized spacial score (nSPS) is 15.5. The van der Waals surface area contributed by atoms with E-state index in [4.69, 9.17) is 16.1 Å². The van der Waals surface area contributed by atoms with E-state index in [1.54, 1.807) is 30.5 Å². The number of anilines is 1. The lowest BCUT2D eigenvalue weighted by atomic mass is 9.92. The second kappa shape index (κ2) is 8.45. The number of aromatic nitrogens is 3. The predicted molar refractivity (Wildman–Crippen MR) is 132 cm³/mol. The number of terminal acetylenes is 1. The standard InChI is InChI=1S/C27H25FN4O2/c1-5-19-22(28)7-6-16-11-18(33)12-20(25(16)19)23-13-24-21(14-29-27(31-24)34-4)26(30-23)32-9-8-17(32)10-15(2)3/h1,6-7,11-15,17,33H,8-10H2,2-4H3. The molecule has 0 spiro atoms. The number of hydrogen-bond donors (Lipinski definition) is 1. The zero-order chi connectivity index (χ0) is 24.0. The van der Waals surface area contributed by atoms with Crippen LogP contribution in [0.25, 0.3) is 32.9 Å². The highest BCUT2D eigenvalue weighted by Crippen LogP contribution is 2.39. The minimum absolute atomic E-state index is 0.0439. The topological polar surface area (TPSA) is 71.4 Å². The van der Waals surface area contributed by atoms with E-state index in [9.17, 15) is 9.50 Å². The van der Waals surface area contributed by atoms with Gasteiger partial charge in [-0.15, -0.1) is 6.42 Å². The summed E-state index contributed by atoms with van der Waals surface area (Å²) in [6.45, 7) is 5.29. The third-order valence-electron chi connectivity index (χ3n) is 6.35. The number of pyridine rings is 1. The molecule has 0 amide bonds. The van der Waals surface area contributed by atoms with Crippen LogP contribution in [0.3, 0.4) is 0 Å². The van der Waals surface area contributed by atoms with Gasteiger partial charge in [0.25, 0.3) is 0 Å². The molecule has 1 N–H and O–H groups in total. The summed E-state index contributed by atoms with van der Waals surface area (Å²) >= 11 is 0. The van der Waals surface area contributed by atoms with Crippen molar-refractivity contribution in [3.05, 3.63) is 47.9 Å². The molecule has 0 radical (unpaired) electrons. The molecule has 5 rings (SSSR count). The summed E-state index contributed by atoms with van der Waals surface area (Å²) in [5.74, 6) is 3.34. The highest BCUT2D eigenvalue weighted by molar-refractivity contribution is 6.03. The molecule has 2 aromatic carbocycles. The van der Waals surface area contributed by atoms with Crippen LogP contribution in [0.15, 0.2) is 36.5 Å². The van der Waals surface area contributed by atoms with E-state index in [1.165, 1.54) is 13.2 Å². The summed E-state index contributed by atoms with van der Waals surface area (Å²) in [6.07, 6.45) is 9.55. The third kappa shape index (κ3) is 3.65. The quantitative estimate of drug-likeness (QED) is 0.411. The highest BCUT2D eigenvalue weighted by Gasteiger charge is 2.31. The minimum Gasteiger partial charge on any atom is -0.508 e. The van der Waals surface area contributed by atoms with E-state index in [-0.39, 0.29) is 17.3 Å². The number of ether oxygens (including phenoxy) is 1. The number of methoxy groups -OCH3 is 1. The molecule has 1 saturated heterocycles. The lowest BCUT2D eigenvalue weighted by Gasteiger charge is -2.43. The molecule has 2 aromatic heterocycles. The van der Waals surface area contributed by atoms with Gasteiger partial charge < -0.3 is 14.7 Å². The van der Waals surface area contributed by atoms with Gasteiger partial charge in [0.1, 0.15) is 17.4 Å². The van der Waals surface area contributed by atoms with Gasteiger partial charge in [-0.25, -0.2) is 14.4 Å². The largest absolute Gasteiger partial charge is 0.508 e. The van der Waals surface area contributed by atoms with Crippen LogP contribution < -0.4 is 9.64 Å². The van der Waals surface area contributed by atoms with Gasteiger partial charge in [-0.2, -0.15) is 4.98 Å². The number of rotatable bonds is 5. The monoisotopic (exact) mass is 456 g/mol. The average molecular weight is 457 g/mol. The Hall–Kier alpha value is -3.92. The molecule has 7 heteroatoms. The molecule has 34 heavy (non-hydrogen) atoms. The number of benzene rings is 2. The van der Waals surface area contributed by atoms with Crippen molar-refractivity contribution >= 4 is 27.5 Å². The van der Waals surface area contributed by atoms with E-state index in [1.807, 2.05) is 0 Å². The summed E-state index contributed by atoms with van der Waals surface area (Å²) in [5, 5.41) is 12.4. The van der Waals surface area contributed by atoms with Crippen LogP contribution in [0.4, 0.5) is 10.2 Å². The second-order valence-corrected chi connectivity index (χ2v) is 9.04. The van der Waals surface area contributed by atoms with Crippen LogP contribution in [0.2, 0.25) is 0 Å². The Morgan fingerprint density at radius 2 is 2.09 bits per heavy atom. The van der Waals surface area contributed by atoms with E-state index < -0.39 is 5.82 Å². The lowest BCUT2D eigenvalue weighted by Crippen LogP contribution is -2.49. The molecule has 1 aliphatic rings. The van der Waals surface area contributed by atoms with Crippen LogP contribution in [0.5, 0.6) is 11.8 Å². The Morgan fingerprint density at radius 1 is 1.26 bits per heavy atom. The molecule has 0 aliphatic carbocycles. The van der Waals surface area contributed by atoms with E-state index in [0.29, 0.717) is 39.5 Å². The fourth-order valence-electron chi connectivity index (χ4n) is 4.73. The van der Waals surface area contributed by atoms with Crippen molar-refractivity contribution in [3.63, 3.8) is 0 Å². The van der Waals surface area contributed by atoms with E-state index in [2.05, 4.69) is 34.6 Å². The minimum atomic E-state index is -0.494. The number of nitrogens with zero attached hydrogens (tertiary/aromatic N) is 4. The van der Waals surface area contributed by atoms with Gasteiger partial charge in [-0.05, 0) is 48.4 Å². The first kappa shape index (κ1) is 21.9. The summed E-state index contributed by atoms with van der Waals surface area (Å²) in [5.41, 5.74) is 1.88. The maximum Gasteiger partial charge on any atom is 0.316 e. The number of fused-ring (bicyclic) bond motifs is 2. The summed E-state index contributed by atoms with van der Waals surface area (Å²) in [6, 6.07) is 8.48. The van der Waals surface area contributed by atoms with Crippen LogP contribution in [0.1, 0.15) is 32.3 Å². The Labute approximate surface area is 197 Å². The molecule has 3 heterocycles. The molecule has 0 saturated carbocycles. The van der Waals surface area contributed by atoms with Crippen molar-refractivity contribution in [2.75, 3.05) is 18.6 Å². The Kier molecular flexibility index (Phi) is 5.45. The van der Waals surface area contributed by atoms with Gasteiger partial charge in [0.2, 0.25) is 0 Å². The van der Waals surface area contributed by atoms with E-state index >= 15 is 0 Å². The molecule has 1 atom stereocenters. The predicted octanol–water partition coefficient (Wildman–Crippen LogP) is 5.30. The van der Waals surface area contributed by atoms with Crippen LogP contribution in [-0.4, -0.2) is 39.8 Å². The third-order valence-corrected chi connectivity index (χ3v) is 6.35. The Morgan fingerprint density at radius 3 is 2.76 bits per heavy atom. The van der Waals surface area contributed by atoms with Gasteiger partial charge >= 0.3 is 6.01 Å². The highest BCUT2D eigenvalue weighted by atomic mass is 19.1. The van der Waals surface area contributed by atoms with Gasteiger partial charge in [-0.1, -0.05) is 25.8 Å². The zero-order valence-electron chi connectivity index (χ0n) is 19.3. The smallest absolute Gasteiger partial charge is 0.316 e. The lowest BCUT2D eigenvalue weighted by molar-refractivity contribution is 0.373. The molecule has 1 fully saturated rings. The van der Waals surface area contributed by atoms with Gasteiger partial charge in [0.15, 0.2) is 0 Å². The first-order valence-corrected chi connectivity index (χ1v) is 11.3. The number of aromatic hydroxyl groups is 1. The van der Waals surface area contributed by atoms with Crippen molar-refractivity contribution in [2.45, 2.75) is 32.7 Å². The number of phenolic OH excluding ortho intramolecular Hbond substituents is 1. The van der Waals surface area contributed by atoms with Crippen molar-refractivity contribution in [1.29, 1.82) is 0 Å². The molecule has 4 aromatic rings. The van der Waals surface area contributed by atoms with Gasteiger partial charge in [0, 0.05) is 29.7 Å². The molecule has 0 bridgehead atoms.